The average molecular weight is 317 g/mol. The summed E-state index contributed by atoms with van der Waals surface area (Å²) in [5.74, 6) is -0.0255. The number of thiophene rings is 1. The Balaban J connectivity index is 2.80. The van der Waals surface area contributed by atoms with Crippen LogP contribution in [0.3, 0.4) is 0 Å². The van der Waals surface area contributed by atoms with E-state index >= 15 is 0 Å². The van der Waals surface area contributed by atoms with Crippen molar-refractivity contribution in [3.63, 3.8) is 0 Å². The van der Waals surface area contributed by atoms with Gasteiger partial charge < -0.3 is 4.90 Å². The number of aryl methyl sites for hydroxylation is 1. The van der Waals surface area contributed by atoms with Crippen LogP contribution in [0.25, 0.3) is 0 Å². The van der Waals surface area contributed by atoms with Crippen LogP contribution in [0.5, 0.6) is 0 Å². The Morgan fingerprint density at radius 1 is 1.30 bits per heavy atom. The van der Waals surface area contributed by atoms with Crippen molar-refractivity contribution >= 4 is 27.1 Å². The second kappa shape index (κ2) is 6.26. The molecule has 0 unspecified atom stereocenters. The van der Waals surface area contributed by atoms with E-state index in [1.54, 1.807) is 16.2 Å². The van der Waals surface area contributed by atoms with Crippen molar-refractivity contribution in [3.8, 4) is 0 Å². The van der Waals surface area contributed by atoms with Gasteiger partial charge in [-0.2, -0.15) is 0 Å². The van der Waals surface area contributed by atoms with Crippen LogP contribution in [0, 0.1) is 6.92 Å². The Morgan fingerprint density at radius 2 is 1.90 bits per heavy atom. The smallest absolute Gasteiger partial charge is 0.228 e. The van der Waals surface area contributed by atoms with Crippen LogP contribution in [0.4, 0.5) is 0 Å². The van der Waals surface area contributed by atoms with Crippen molar-refractivity contribution < 1.29 is 13.2 Å². The zero-order chi connectivity index (χ0) is 15.6. The van der Waals surface area contributed by atoms with E-state index in [0.29, 0.717) is 6.42 Å². The standard InChI is InChI=1S/C14H23NO3S2/c1-11-6-7-12(19-11)10-13(16)15(14(2,3)4)8-9-20(5,17)18/h6-7H,8-10H2,1-5H3. The van der Waals surface area contributed by atoms with E-state index in [4.69, 9.17) is 0 Å². The molecule has 20 heavy (non-hydrogen) atoms. The minimum atomic E-state index is -3.07. The molecular formula is C14H23NO3S2. The van der Waals surface area contributed by atoms with Gasteiger partial charge in [0.05, 0.1) is 12.2 Å². The first-order chi connectivity index (χ1) is 8.99. The molecule has 1 amide bonds. The van der Waals surface area contributed by atoms with E-state index in [2.05, 4.69) is 0 Å². The fourth-order valence-corrected chi connectivity index (χ4v) is 3.31. The van der Waals surface area contributed by atoms with Gasteiger partial charge in [-0.05, 0) is 39.8 Å². The third kappa shape index (κ3) is 5.63. The van der Waals surface area contributed by atoms with Gasteiger partial charge in [-0.3, -0.25) is 4.79 Å². The summed E-state index contributed by atoms with van der Waals surface area (Å²) < 4.78 is 22.6. The van der Waals surface area contributed by atoms with Gasteiger partial charge in [-0.1, -0.05) is 0 Å². The Morgan fingerprint density at radius 3 is 2.30 bits per heavy atom. The predicted octanol–water partition coefficient (Wildman–Crippen LogP) is 2.27. The van der Waals surface area contributed by atoms with Gasteiger partial charge in [0.1, 0.15) is 9.84 Å². The van der Waals surface area contributed by atoms with Crippen LogP contribution >= 0.6 is 11.3 Å². The highest BCUT2D eigenvalue weighted by Crippen LogP contribution is 2.19. The maximum atomic E-state index is 12.4. The lowest BCUT2D eigenvalue weighted by atomic mass is 10.1. The second-order valence-electron chi connectivity index (χ2n) is 6.04. The SMILES string of the molecule is Cc1ccc(CC(=O)N(CCS(C)(=O)=O)C(C)(C)C)s1. The summed E-state index contributed by atoms with van der Waals surface area (Å²) in [7, 11) is -3.07. The van der Waals surface area contributed by atoms with E-state index in [9.17, 15) is 13.2 Å². The number of carbonyl (C=O) groups excluding carboxylic acids is 1. The Hall–Kier alpha value is -0.880. The van der Waals surface area contributed by atoms with Gasteiger partial charge in [0.2, 0.25) is 5.91 Å². The normalized spacial score (nSPS) is 12.4. The monoisotopic (exact) mass is 317 g/mol. The highest BCUT2D eigenvalue weighted by molar-refractivity contribution is 7.90. The van der Waals surface area contributed by atoms with Crippen LogP contribution in [0.15, 0.2) is 12.1 Å². The van der Waals surface area contributed by atoms with Gasteiger partial charge in [0, 0.05) is 28.1 Å². The van der Waals surface area contributed by atoms with Crippen molar-refractivity contribution in [2.75, 3.05) is 18.6 Å². The van der Waals surface area contributed by atoms with Crippen molar-refractivity contribution in [2.24, 2.45) is 0 Å². The molecular weight excluding hydrogens is 294 g/mol. The largest absolute Gasteiger partial charge is 0.337 e. The molecule has 0 aliphatic heterocycles. The molecule has 1 aromatic heterocycles. The van der Waals surface area contributed by atoms with Crippen LogP contribution < -0.4 is 0 Å². The third-order valence-electron chi connectivity index (χ3n) is 2.92. The van der Waals surface area contributed by atoms with E-state index < -0.39 is 9.84 Å². The van der Waals surface area contributed by atoms with Gasteiger partial charge in [0.15, 0.2) is 0 Å². The molecule has 6 heteroatoms. The predicted molar refractivity (Wildman–Crippen MR) is 83.9 cm³/mol. The lowest BCUT2D eigenvalue weighted by Gasteiger charge is -2.35. The van der Waals surface area contributed by atoms with Gasteiger partial charge in [-0.25, -0.2) is 8.42 Å². The first-order valence-corrected chi connectivity index (χ1v) is 9.40. The molecule has 1 rings (SSSR count). The van der Waals surface area contributed by atoms with Crippen LogP contribution in [-0.2, 0) is 21.1 Å². The highest BCUT2D eigenvalue weighted by Gasteiger charge is 2.27. The summed E-state index contributed by atoms with van der Waals surface area (Å²) in [5, 5.41) is 0. The lowest BCUT2D eigenvalue weighted by Crippen LogP contribution is -2.48. The summed E-state index contributed by atoms with van der Waals surface area (Å²) >= 11 is 1.60. The zero-order valence-corrected chi connectivity index (χ0v) is 14.4. The first kappa shape index (κ1) is 17.2. The van der Waals surface area contributed by atoms with Gasteiger partial charge in [0.25, 0.3) is 0 Å². The number of carbonyl (C=O) groups is 1. The van der Waals surface area contributed by atoms with Crippen LogP contribution in [0.1, 0.15) is 30.5 Å². The minimum absolute atomic E-state index is 0.000518. The zero-order valence-electron chi connectivity index (χ0n) is 12.8. The molecule has 0 aliphatic rings. The van der Waals surface area contributed by atoms with Crippen LogP contribution in [-0.4, -0.2) is 43.3 Å². The Labute approximate surface area is 125 Å². The molecule has 0 atom stereocenters. The molecule has 0 fully saturated rings. The molecule has 4 nitrogen and oxygen atoms in total. The number of rotatable bonds is 5. The van der Waals surface area contributed by atoms with Crippen molar-refractivity contribution in [1.82, 2.24) is 4.90 Å². The molecule has 0 spiro atoms. The molecule has 0 saturated carbocycles. The summed E-state index contributed by atoms with van der Waals surface area (Å²) in [6.07, 6.45) is 1.53. The van der Waals surface area contributed by atoms with Crippen LogP contribution in [0.2, 0.25) is 0 Å². The van der Waals surface area contributed by atoms with E-state index in [1.807, 2.05) is 39.8 Å². The summed E-state index contributed by atoms with van der Waals surface area (Å²) in [5.41, 5.74) is -0.381. The number of nitrogens with zero attached hydrogens (tertiary/aromatic N) is 1. The third-order valence-corrected chi connectivity index (χ3v) is 4.84. The molecule has 1 aromatic rings. The Kier molecular flexibility index (Phi) is 5.38. The summed E-state index contributed by atoms with van der Waals surface area (Å²) in [4.78, 5) is 16.3. The van der Waals surface area contributed by atoms with Gasteiger partial charge in [-0.15, -0.1) is 11.3 Å². The fraction of sp³-hybridized carbons (Fsp3) is 0.643. The van der Waals surface area contributed by atoms with Crippen molar-refractivity contribution in [1.29, 1.82) is 0 Å². The van der Waals surface area contributed by atoms with Crippen molar-refractivity contribution in [3.05, 3.63) is 21.9 Å². The number of amides is 1. The van der Waals surface area contributed by atoms with Crippen molar-refractivity contribution in [2.45, 2.75) is 39.7 Å². The molecule has 0 saturated heterocycles. The molecule has 0 bridgehead atoms. The number of hydrogen-bond donors (Lipinski definition) is 0. The van der Waals surface area contributed by atoms with E-state index in [1.165, 1.54) is 11.1 Å². The number of sulfone groups is 1. The molecule has 0 aliphatic carbocycles. The molecule has 1 heterocycles. The quantitative estimate of drug-likeness (QED) is 0.837. The molecule has 0 aromatic carbocycles. The summed E-state index contributed by atoms with van der Waals surface area (Å²) in [6, 6.07) is 3.94. The number of hydrogen-bond acceptors (Lipinski definition) is 4. The molecule has 0 radical (unpaired) electrons. The average Bonchev–Trinajstić information content (AvgIpc) is 2.60. The van der Waals surface area contributed by atoms with E-state index in [-0.39, 0.29) is 23.7 Å². The summed E-state index contributed by atoms with van der Waals surface area (Å²) in [6.45, 7) is 8.02. The molecule has 0 N–H and O–H groups in total. The fourth-order valence-electron chi connectivity index (χ4n) is 1.92. The van der Waals surface area contributed by atoms with Gasteiger partial charge >= 0.3 is 0 Å². The topological polar surface area (TPSA) is 54.5 Å². The maximum Gasteiger partial charge on any atom is 0.228 e. The maximum absolute atomic E-state index is 12.4. The minimum Gasteiger partial charge on any atom is -0.337 e. The second-order valence-corrected chi connectivity index (χ2v) is 9.67. The van der Waals surface area contributed by atoms with E-state index in [0.717, 1.165) is 4.88 Å². The lowest BCUT2D eigenvalue weighted by molar-refractivity contribution is -0.134. The highest BCUT2D eigenvalue weighted by atomic mass is 32.2. The molecule has 114 valence electrons. The first-order valence-electron chi connectivity index (χ1n) is 6.52. The Bertz CT molecular complexity index is 567.